The molecule has 0 spiro atoms. The predicted molar refractivity (Wildman–Crippen MR) is 56.0 cm³/mol. The van der Waals surface area contributed by atoms with E-state index in [1.165, 1.54) is 25.7 Å². The summed E-state index contributed by atoms with van der Waals surface area (Å²) in [5.41, 5.74) is 0. The standard InChI is InChI=1S/C10H18Br/c1-3-5-7-9-10(11)8-6-4-2/h4,6,10H,2-3,5,7-9H2,1H3/b6-4+. The lowest BCUT2D eigenvalue weighted by Crippen LogP contribution is -1.94. The minimum Gasteiger partial charge on any atom is -0.0887 e. The Bertz CT molecular complexity index is 97.0. The van der Waals surface area contributed by atoms with Gasteiger partial charge in [-0.1, -0.05) is 54.3 Å². The molecule has 0 rings (SSSR count). The molecule has 0 amide bonds. The van der Waals surface area contributed by atoms with Crippen LogP contribution >= 0.6 is 15.9 Å². The van der Waals surface area contributed by atoms with Crippen molar-refractivity contribution >= 4 is 15.9 Å². The van der Waals surface area contributed by atoms with Crippen LogP contribution < -0.4 is 0 Å². The van der Waals surface area contributed by atoms with E-state index in [-0.39, 0.29) is 0 Å². The molecule has 0 fully saturated rings. The number of alkyl halides is 1. The molecule has 0 aromatic heterocycles. The average molecular weight is 218 g/mol. The van der Waals surface area contributed by atoms with E-state index in [0.29, 0.717) is 4.83 Å². The average Bonchev–Trinajstić information content (AvgIpc) is 2.01. The van der Waals surface area contributed by atoms with Crippen LogP contribution in [-0.2, 0) is 0 Å². The van der Waals surface area contributed by atoms with Gasteiger partial charge >= 0.3 is 0 Å². The largest absolute Gasteiger partial charge is 0.0887 e. The molecular weight excluding hydrogens is 200 g/mol. The van der Waals surface area contributed by atoms with Crippen LogP contribution in [-0.4, -0.2) is 4.83 Å². The summed E-state index contributed by atoms with van der Waals surface area (Å²) in [5.74, 6) is 0. The Kier molecular flexibility index (Phi) is 8.48. The summed E-state index contributed by atoms with van der Waals surface area (Å²) in [5, 5.41) is 0. The quantitative estimate of drug-likeness (QED) is 0.465. The van der Waals surface area contributed by atoms with Gasteiger partial charge in [0.15, 0.2) is 0 Å². The van der Waals surface area contributed by atoms with Crippen molar-refractivity contribution in [1.82, 2.24) is 0 Å². The molecule has 0 N–H and O–H groups in total. The molecule has 0 heterocycles. The second-order valence-electron chi connectivity index (χ2n) is 2.80. The van der Waals surface area contributed by atoms with Gasteiger partial charge in [-0.05, 0) is 19.8 Å². The van der Waals surface area contributed by atoms with Gasteiger partial charge in [0.2, 0.25) is 0 Å². The zero-order valence-electron chi connectivity index (χ0n) is 7.35. The maximum Gasteiger partial charge on any atom is 0.0180 e. The SMILES string of the molecule is [CH2]/C=C/CC(Br)CCCCC. The Morgan fingerprint density at radius 2 is 2.18 bits per heavy atom. The number of hydrogen-bond acceptors (Lipinski definition) is 0. The van der Waals surface area contributed by atoms with Crippen LogP contribution in [0.2, 0.25) is 0 Å². The highest BCUT2D eigenvalue weighted by Crippen LogP contribution is 2.14. The van der Waals surface area contributed by atoms with Gasteiger partial charge in [0.05, 0.1) is 0 Å². The van der Waals surface area contributed by atoms with Gasteiger partial charge < -0.3 is 0 Å². The van der Waals surface area contributed by atoms with Crippen molar-refractivity contribution in [3.05, 3.63) is 19.1 Å². The second kappa shape index (κ2) is 8.32. The van der Waals surface area contributed by atoms with Crippen molar-refractivity contribution in [3.8, 4) is 0 Å². The predicted octanol–water partition coefficient (Wildman–Crippen LogP) is 4.11. The Labute approximate surface area is 79.2 Å². The van der Waals surface area contributed by atoms with Gasteiger partial charge in [-0.25, -0.2) is 0 Å². The molecule has 11 heavy (non-hydrogen) atoms. The number of allylic oxidation sites excluding steroid dienone is 2. The molecule has 0 saturated heterocycles. The number of halogens is 1. The maximum absolute atomic E-state index is 3.65. The van der Waals surface area contributed by atoms with Crippen LogP contribution in [0.1, 0.15) is 39.0 Å². The first-order valence-electron chi connectivity index (χ1n) is 4.39. The van der Waals surface area contributed by atoms with E-state index in [1.807, 2.05) is 6.08 Å². The Hall–Kier alpha value is 0.220. The summed E-state index contributed by atoms with van der Waals surface area (Å²) >= 11 is 3.63. The van der Waals surface area contributed by atoms with Gasteiger partial charge in [-0.2, -0.15) is 0 Å². The van der Waals surface area contributed by atoms with E-state index in [9.17, 15) is 0 Å². The fourth-order valence-electron chi connectivity index (χ4n) is 0.978. The molecule has 0 aliphatic heterocycles. The van der Waals surface area contributed by atoms with Gasteiger partial charge in [0.1, 0.15) is 0 Å². The highest BCUT2D eigenvalue weighted by Gasteiger charge is 1.99. The third-order valence-corrected chi connectivity index (χ3v) is 2.51. The summed E-state index contributed by atoms with van der Waals surface area (Å²) in [7, 11) is 0. The molecule has 65 valence electrons. The van der Waals surface area contributed by atoms with Crippen molar-refractivity contribution in [2.24, 2.45) is 0 Å². The maximum atomic E-state index is 3.65. The summed E-state index contributed by atoms with van der Waals surface area (Å²) in [6, 6.07) is 0. The molecule has 0 nitrogen and oxygen atoms in total. The molecule has 1 heteroatoms. The molecule has 0 bridgehead atoms. The summed E-state index contributed by atoms with van der Waals surface area (Å²) in [4.78, 5) is 0.659. The van der Waals surface area contributed by atoms with Crippen molar-refractivity contribution < 1.29 is 0 Å². The van der Waals surface area contributed by atoms with Crippen molar-refractivity contribution in [2.45, 2.75) is 43.9 Å². The van der Waals surface area contributed by atoms with Crippen LogP contribution in [0.25, 0.3) is 0 Å². The summed E-state index contributed by atoms with van der Waals surface area (Å²) in [6.45, 7) is 5.89. The smallest absolute Gasteiger partial charge is 0.0180 e. The molecule has 0 aliphatic carbocycles. The lowest BCUT2D eigenvalue weighted by molar-refractivity contribution is 0.652. The minimum atomic E-state index is 0.659. The van der Waals surface area contributed by atoms with Crippen LogP contribution in [0, 0.1) is 6.92 Å². The number of hydrogen-bond donors (Lipinski definition) is 0. The summed E-state index contributed by atoms with van der Waals surface area (Å²) in [6.07, 6.45) is 10.4. The Balaban J connectivity index is 3.15. The molecule has 1 unspecified atom stereocenters. The molecule has 1 atom stereocenters. The number of unbranched alkanes of at least 4 members (excludes halogenated alkanes) is 2. The normalized spacial score (nSPS) is 14.1. The zero-order valence-corrected chi connectivity index (χ0v) is 8.94. The van der Waals surface area contributed by atoms with Crippen molar-refractivity contribution in [2.75, 3.05) is 0 Å². The highest BCUT2D eigenvalue weighted by molar-refractivity contribution is 9.09. The van der Waals surface area contributed by atoms with E-state index in [0.717, 1.165) is 6.42 Å². The van der Waals surface area contributed by atoms with Gasteiger partial charge in [0, 0.05) is 4.83 Å². The molecular formula is C10H18Br. The van der Waals surface area contributed by atoms with E-state index in [2.05, 4.69) is 35.9 Å². The highest BCUT2D eigenvalue weighted by atomic mass is 79.9. The van der Waals surface area contributed by atoms with Gasteiger partial charge in [-0.15, -0.1) is 0 Å². The van der Waals surface area contributed by atoms with Crippen LogP contribution in [0.4, 0.5) is 0 Å². The fraction of sp³-hybridized carbons (Fsp3) is 0.700. The van der Waals surface area contributed by atoms with Crippen LogP contribution in [0.15, 0.2) is 12.2 Å². The van der Waals surface area contributed by atoms with Crippen LogP contribution in [0.5, 0.6) is 0 Å². The third kappa shape index (κ3) is 8.12. The fourth-order valence-corrected chi connectivity index (χ4v) is 1.52. The second-order valence-corrected chi connectivity index (χ2v) is 4.10. The zero-order chi connectivity index (χ0) is 8.53. The minimum absolute atomic E-state index is 0.659. The summed E-state index contributed by atoms with van der Waals surface area (Å²) < 4.78 is 0. The molecule has 1 radical (unpaired) electrons. The molecule has 0 aromatic rings. The van der Waals surface area contributed by atoms with E-state index < -0.39 is 0 Å². The lowest BCUT2D eigenvalue weighted by Gasteiger charge is -2.04. The first kappa shape index (κ1) is 11.2. The van der Waals surface area contributed by atoms with E-state index in [1.54, 1.807) is 0 Å². The molecule has 0 aromatic carbocycles. The van der Waals surface area contributed by atoms with Gasteiger partial charge in [0.25, 0.3) is 0 Å². The van der Waals surface area contributed by atoms with E-state index in [4.69, 9.17) is 0 Å². The first-order valence-corrected chi connectivity index (χ1v) is 5.31. The third-order valence-electron chi connectivity index (χ3n) is 1.68. The number of rotatable bonds is 6. The lowest BCUT2D eigenvalue weighted by atomic mass is 10.1. The topological polar surface area (TPSA) is 0 Å². The van der Waals surface area contributed by atoms with Crippen molar-refractivity contribution in [1.29, 1.82) is 0 Å². The Morgan fingerprint density at radius 3 is 2.73 bits per heavy atom. The molecule has 0 aliphatic rings. The van der Waals surface area contributed by atoms with Crippen molar-refractivity contribution in [3.63, 3.8) is 0 Å². The monoisotopic (exact) mass is 217 g/mol. The Morgan fingerprint density at radius 1 is 1.45 bits per heavy atom. The van der Waals surface area contributed by atoms with E-state index >= 15 is 0 Å². The van der Waals surface area contributed by atoms with Gasteiger partial charge in [-0.3, -0.25) is 0 Å². The first-order chi connectivity index (χ1) is 5.31. The molecule has 0 saturated carbocycles. The van der Waals surface area contributed by atoms with Crippen LogP contribution in [0.3, 0.4) is 0 Å².